The standard InChI is InChI=1S/C8H8O.C4H11N/c1-7-2-4-8(6-9)5-3-7;1-3-5-4-2/h2-6H,1H3;5H,3-4H2,1-2H3. The molecule has 0 aliphatic carbocycles. The molecule has 0 aliphatic rings. The molecule has 0 spiro atoms. The van der Waals surface area contributed by atoms with E-state index in [-0.39, 0.29) is 0 Å². The van der Waals surface area contributed by atoms with Crippen molar-refractivity contribution in [3.8, 4) is 0 Å². The number of aldehydes is 1. The molecule has 0 aliphatic heterocycles. The summed E-state index contributed by atoms with van der Waals surface area (Å²) in [6.45, 7) is 8.38. The van der Waals surface area contributed by atoms with Crippen LogP contribution in [-0.4, -0.2) is 19.4 Å². The van der Waals surface area contributed by atoms with Crippen molar-refractivity contribution in [3.05, 3.63) is 35.4 Å². The fraction of sp³-hybridized carbons (Fsp3) is 0.417. The van der Waals surface area contributed by atoms with E-state index >= 15 is 0 Å². The maximum atomic E-state index is 10.1. The Bertz CT molecular complexity index is 239. The average Bonchev–Trinajstić information content (AvgIpc) is 2.21. The Balaban J connectivity index is 0.000000292. The van der Waals surface area contributed by atoms with E-state index in [4.69, 9.17) is 0 Å². The van der Waals surface area contributed by atoms with Gasteiger partial charge in [0.25, 0.3) is 0 Å². The van der Waals surface area contributed by atoms with Gasteiger partial charge in [0.05, 0.1) is 0 Å². The minimum atomic E-state index is 0.737. The van der Waals surface area contributed by atoms with Crippen molar-refractivity contribution in [3.63, 3.8) is 0 Å². The molecule has 1 N–H and O–H groups in total. The number of carbonyl (C=O) groups excluding carboxylic acids is 1. The number of carbonyl (C=O) groups is 1. The second kappa shape index (κ2) is 8.45. The lowest BCUT2D eigenvalue weighted by Gasteiger charge is -1.89. The molecule has 0 aromatic heterocycles. The van der Waals surface area contributed by atoms with Crippen molar-refractivity contribution < 1.29 is 4.79 Å². The van der Waals surface area contributed by atoms with Gasteiger partial charge in [0.15, 0.2) is 0 Å². The third kappa shape index (κ3) is 6.38. The Morgan fingerprint density at radius 2 is 1.64 bits per heavy atom. The smallest absolute Gasteiger partial charge is 0.150 e. The average molecular weight is 193 g/mol. The Labute approximate surface area is 86.3 Å². The van der Waals surface area contributed by atoms with Gasteiger partial charge in [-0.3, -0.25) is 4.79 Å². The third-order valence-corrected chi connectivity index (χ3v) is 1.71. The molecule has 2 heteroatoms. The number of benzene rings is 1. The number of hydrogen-bond donors (Lipinski definition) is 1. The molecule has 0 atom stereocenters. The van der Waals surface area contributed by atoms with E-state index in [1.165, 1.54) is 5.56 Å². The molecule has 0 amide bonds. The van der Waals surface area contributed by atoms with Crippen LogP contribution in [-0.2, 0) is 0 Å². The van der Waals surface area contributed by atoms with Gasteiger partial charge in [-0.1, -0.05) is 43.7 Å². The van der Waals surface area contributed by atoms with E-state index < -0.39 is 0 Å². The molecular formula is C12H19NO. The van der Waals surface area contributed by atoms with Gasteiger partial charge in [0, 0.05) is 5.56 Å². The highest BCUT2D eigenvalue weighted by Gasteiger charge is 1.85. The van der Waals surface area contributed by atoms with Gasteiger partial charge in [-0.15, -0.1) is 0 Å². The summed E-state index contributed by atoms with van der Waals surface area (Å²) in [6, 6.07) is 7.46. The molecule has 1 rings (SSSR count). The van der Waals surface area contributed by atoms with Crippen molar-refractivity contribution in [1.29, 1.82) is 0 Å². The molecule has 0 saturated heterocycles. The van der Waals surface area contributed by atoms with E-state index in [9.17, 15) is 4.79 Å². The molecule has 78 valence electrons. The molecule has 0 bridgehead atoms. The van der Waals surface area contributed by atoms with Crippen molar-refractivity contribution in [2.75, 3.05) is 13.1 Å². The van der Waals surface area contributed by atoms with Gasteiger partial charge < -0.3 is 5.32 Å². The highest BCUT2D eigenvalue weighted by Crippen LogP contribution is 1.98. The van der Waals surface area contributed by atoms with E-state index in [0.717, 1.165) is 24.9 Å². The lowest BCUT2D eigenvalue weighted by molar-refractivity contribution is 0.112. The number of rotatable bonds is 3. The topological polar surface area (TPSA) is 29.1 Å². The molecule has 0 saturated carbocycles. The van der Waals surface area contributed by atoms with Gasteiger partial charge in [-0.05, 0) is 20.0 Å². The van der Waals surface area contributed by atoms with Gasteiger partial charge in [0.2, 0.25) is 0 Å². The Morgan fingerprint density at radius 3 is 1.93 bits per heavy atom. The molecule has 1 aromatic carbocycles. The van der Waals surface area contributed by atoms with Crippen LogP contribution < -0.4 is 5.32 Å². The van der Waals surface area contributed by atoms with E-state index in [2.05, 4.69) is 19.2 Å². The maximum Gasteiger partial charge on any atom is 0.150 e. The molecule has 0 fully saturated rings. The van der Waals surface area contributed by atoms with E-state index in [0.29, 0.717) is 0 Å². The van der Waals surface area contributed by atoms with Gasteiger partial charge in [-0.25, -0.2) is 0 Å². The second-order valence-electron chi connectivity index (χ2n) is 2.99. The van der Waals surface area contributed by atoms with Gasteiger partial charge >= 0.3 is 0 Å². The molecule has 0 radical (unpaired) electrons. The van der Waals surface area contributed by atoms with Crippen LogP contribution >= 0.6 is 0 Å². The molecule has 2 nitrogen and oxygen atoms in total. The summed E-state index contributed by atoms with van der Waals surface area (Å²) < 4.78 is 0. The molecule has 0 heterocycles. The quantitative estimate of drug-likeness (QED) is 0.747. The SMILES string of the molecule is CCNCC.Cc1ccc(C=O)cc1. The minimum Gasteiger partial charge on any atom is -0.317 e. The van der Waals surface area contributed by atoms with Crippen LogP contribution in [0.4, 0.5) is 0 Å². The van der Waals surface area contributed by atoms with Crippen LogP contribution in [0.1, 0.15) is 29.8 Å². The minimum absolute atomic E-state index is 0.737. The van der Waals surface area contributed by atoms with Crippen molar-refractivity contribution in [1.82, 2.24) is 5.32 Å². The first-order valence-corrected chi connectivity index (χ1v) is 4.97. The van der Waals surface area contributed by atoms with Crippen molar-refractivity contribution >= 4 is 6.29 Å². The maximum absolute atomic E-state index is 10.1. The summed E-state index contributed by atoms with van der Waals surface area (Å²) in [6.07, 6.45) is 0.847. The van der Waals surface area contributed by atoms with Crippen molar-refractivity contribution in [2.45, 2.75) is 20.8 Å². The van der Waals surface area contributed by atoms with E-state index in [1.807, 2.05) is 31.2 Å². The predicted molar refractivity (Wildman–Crippen MR) is 60.8 cm³/mol. The predicted octanol–water partition coefficient (Wildman–Crippen LogP) is 2.42. The second-order valence-corrected chi connectivity index (χ2v) is 2.99. The third-order valence-electron chi connectivity index (χ3n) is 1.71. The molecule has 1 aromatic rings. The first-order chi connectivity index (χ1) is 6.74. The van der Waals surface area contributed by atoms with E-state index in [1.54, 1.807) is 0 Å². The first kappa shape index (κ1) is 12.8. The van der Waals surface area contributed by atoms with Crippen LogP contribution in [0.2, 0.25) is 0 Å². The lowest BCUT2D eigenvalue weighted by Crippen LogP contribution is -2.09. The lowest BCUT2D eigenvalue weighted by atomic mass is 10.2. The first-order valence-electron chi connectivity index (χ1n) is 4.97. The normalized spacial score (nSPS) is 8.79. The number of nitrogens with one attached hydrogen (secondary N) is 1. The van der Waals surface area contributed by atoms with Crippen LogP contribution in [0.15, 0.2) is 24.3 Å². The zero-order chi connectivity index (χ0) is 10.8. The summed E-state index contributed by atoms with van der Waals surface area (Å²) in [5.74, 6) is 0. The number of hydrogen-bond acceptors (Lipinski definition) is 2. The molecule has 0 unspecified atom stereocenters. The highest BCUT2D eigenvalue weighted by atomic mass is 16.1. The Hall–Kier alpha value is -1.15. The highest BCUT2D eigenvalue weighted by molar-refractivity contribution is 5.74. The summed E-state index contributed by atoms with van der Waals surface area (Å²) in [5.41, 5.74) is 1.92. The van der Waals surface area contributed by atoms with Crippen molar-refractivity contribution in [2.24, 2.45) is 0 Å². The number of aryl methyl sites for hydroxylation is 1. The zero-order valence-electron chi connectivity index (χ0n) is 9.21. The van der Waals surface area contributed by atoms with Gasteiger partial charge in [0.1, 0.15) is 6.29 Å². The fourth-order valence-electron chi connectivity index (χ4n) is 0.895. The Kier molecular flexibility index (Phi) is 7.75. The summed E-state index contributed by atoms with van der Waals surface area (Å²) in [7, 11) is 0. The largest absolute Gasteiger partial charge is 0.317 e. The van der Waals surface area contributed by atoms with Crippen LogP contribution in [0.5, 0.6) is 0 Å². The fourth-order valence-corrected chi connectivity index (χ4v) is 0.895. The Morgan fingerprint density at radius 1 is 1.14 bits per heavy atom. The van der Waals surface area contributed by atoms with Crippen LogP contribution in [0, 0.1) is 6.92 Å². The van der Waals surface area contributed by atoms with Crippen LogP contribution in [0.25, 0.3) is 0 Å². The zero-order valence-corrected chi connectivity index (χ0v) is 9.21. The molecule has 14 heavy (non-hydrogen) atoms. The summed E-state index contributed by atoms with van der Waals surface area (Å²) >= 11 is 0. The van der Waals surface area contributed by atoms with Crippen LogP contribution in [0.3, 0.4) is 0 Å². The summed E-state index contributed by atoms with van der Waals surface area (Å²) in [5, 5.41) is 3.11. The molecular weight excluding hydrogens is 174 g/mol. The summed E-state index contributed by atoms with van der Waals surface area (Å²) in [4.78, 5) is 10.1. The van der Waals surface area contributed by atoms with Gasteiger partial charge in [-0.2, -0.15) is 0 Å². The monoisotopic (exact) mass is 193 g/mol.